The van der Waals surface area contributed by atoms with E-state index in [2.05, 4.69) is 0 Å². The zero-order valence-electron chi connectivity index (χ0n) is 15.4. The molecule has 2 aliphatic rings. The Bertz CT molecular complexity index is 567. The van der Waals surface area contributed by atoms with Crippen LogP contribution in [0.1, 0.15) is 87.5 Å². The molecule has 0 aromatic heterocycles. The number of aliphatic hydroxyl groups excluding tert-OH is 2. The summed E-state index contributed by atoms with van der Waals surface area (Å²) in [5.74, 6) is -0.334. The SMILES string of the molecule is O=C1CCCCCC1C(O)c1ccc(C(O)C2CCCCCC2=O)cc1. The van der Waals surface area contributed by atoms with Crippen molar-refractivity contribution in [2.24, 2.45) is 11.8 Å². The van der Waals surface area contributed by atoms with Gasteiger partial charge < -0.3 is 10.2 Å². The van der Waals surface area contributed by atoms with E-state index in [1.807, 2.05) is 0 Å². The summed E-state index contributed by atoms with van der Waals surface area (Å²) < 4.78 is 0. The summed E-state index contributed by atoms with van der Waals surface area (Å²) in [4.78, 5) is 24.5. The maximum absolute atomic E-state index is 12.2. The lowest BCUT2D eigenvalue weighted by Crippen LogP contribution is -2.22. The second-order valence-corrected chi connectivity index (χ2v) is 7.90. The van der Waals surface area contributed by atoms with Crippen LogP contribution in [0, 0.1) is 11.8 Å². The number of carbonyl (C=O) groups excluding carboxylic acids is 2. The van der Waals surface area contributed by atoms with E-state index >= 15 is 0 Å². The van der Waals surface area contributed by atoms with E-state index in [1.54, 1.807) is 24.3 Å². The minimum atomic E-state index is -0.786. The van der Waals surface area contributed by atoms with Crippen LogP contribution >= 0.6 is 0 Å². The molecule has 2 aliphatic carbocycles. The number of carbonyl (C=O) groups is 2. The van der Waals surface area contributed by atoms with Crippen LogP contribution in [0.3, 0.4) is 0 Å². The highest BCUT2D eigenvalue weighted by atomic mass is 16.3. The molecule has 26 heavy (non-hydrogen) atoms. The Morgan fingerprint density at radius 1 is 0.654 bits per heavy atom. The molecule has 4 unspecified atom stereocenters. The molecule has 0 bridgehead atoms. The average molecular weight is 358 g/mol. The quantitative estimate of drug-likeness (QED) is 0.796. The molecule has 0 amide bonds. The van der Waals surface area contributed by atoms with Gasteiger partial charge in [0, 0.05) is 24.7 Å². The third-order valence-corrected chi connectivity index (χ3v) is 6.09. The summed E-state index contributed by atoms with van der Waals surface area (Å²) in [7, 11) is 0. The van der Waals surface area contributed by atoms with Crippen molar-refractivity contribution < 1.29 is 19.8 Å². The molecule has 0 heterocycles. The van der Waals surface area contributed by atoms with Crippen LogP contribution in [0.25, 0.3) is 0 Å². The highest BCUT2D eigenvalue weighted by Gasteiger charge is 2.31. The molecule has 0 radical (unpaired) electrons. The van der Waals surface area contributed by atoms with Gasteiger partial charge in [0.25, 0.3) is 0 Å². The van der Waals surface area contributed by atoms with Gasteiger partial charge in [-0.25, -0.2) is 0 Å². The summed E-state index contributed by atoms with van der Waals surface area (Å²) in [6.45, 7) is 0. The molecule has 3 rings (SSSR count). The fourth-order valence-electron chi connectivity index (χ4n) is 4.40. The first kappa shape index (κ1) is 19.2. The minimum absolute atomic E-state index is 0.156. The van der Waals surface area contributed by atoms with Gasteiger partial charge in [-0.2, -0.15) is 0 Å². The van der Waals surface area contributed by atoms with Crippen molar-refractivity contribution in [2.75, 3.05) is 0 Å². The third-order valence-electron chi connectivity index (χ3n) is 6.09. The second-order valence-electron chi connectivity index (χ2n) is 7.90. The van der Waals surface area contributed by atoms with Crippen molar-refractivity contribution in [3.63, 3.8) is 0 Å². The Kier molecular flexibility index (Phi) is 6.60. The van der Waals surface area contributed by atoms with Gasteiger partial charge in [0.15, 0.2) is 0 Å². The number of benzene rings is 1. The van der Waals surface area contributed by atoms with Gasteiger partial charge in [-0.3, -0.25) is 9.59 Å². The number of aliphatic hydroxyl groups is 2. The van der Waals surface area contributed by atoms with Gasteiger partial charge in [0.1, 0.15) is 11.6 Å². The summed E-state index contributed by atoms with van der Waals surface area (Å²) in [5.41, 5.74) is 1.43. The molecule has 142 valence electrons. The van der Waals surface area contributed by atoms with Gasteiger partial charge in [0.05, 0.1) is 12.2 Å². The summed E-state index contributed by atoms with van der Waals surface area (Å²) in [5, 5.41) is 21.3. The molecule has 4 atom stereocenters. The van der Waals surface area contributed by atoms with Crippen molar-refractivity contribution in [1.82, 2.24) is 0 Å². The Labute approximate surface area is 155 Å². The highest BCUT2D eigenvalue weighted by Crippen LogP contribution is 2.34. The van der Waals surface area contributed by atoms with Gasteiger partial charge in [-0.1, -0.05) is 49.9 Å². The van der Waals surface area contributed by atoms with E-state index in [9.17, 15) is 19.8 Å². The van der Waals surface area contributed by atoms with E-state index in [1.165, 1.54) is 0 Å². The molecular formula is C22H30O4. The fraction of sp³-hybridized carbons (Fsp3) is 0.636. The lowest BCUT2D eigenvalue weighted by atomic mass is 9.86. The summed E-state index contributed by atoms with van der Waals surface area (Å²) in [6.07, 6.45) is 6.92. The first-order valence-electron chi connectivity index (χ1n) is 10.1. The lowest BCUT2D eigenvalue weighted by molar-refractivity contribution is -0.127. The van der Waals surface area contributed by atoms with Crippen LogP contribution in [-0.4, -0.2) is 21.8 Å². The predicted octanol–water partition coefficient (Wildman–Crippen LogP) is 4.05. The molecule has 0 saturated heterocycles. The molecule has 1 aromatic rings. The number of ketones is 2. The van der Waals surface area contributed by atoms with E-state index in [-0.39, 0.29) is 23.4 Å². The molecule has 1 aromatic carbocycles. The lowest BCUT2D eigenvalue weighted by Gasteiger charge is -2.23. The van der Waals surface area contributed by atoms with Crippen molar-refractivity contribution in [2.45, 2.75) is 76.4 Å². The highest BCUT2D eigenvalue weighted by molar-refractivity contribution is 5.82. The Morgan fingerprint density at radius 3 is 1.42 bits per heavy atom. The zero-order chi connectivity index (χ0) is 18.5. The first-order valence-corrected chi connectivity index (χ1v) is 10.1. The second kappa shape index (κ2) is 8.92. The number of rotatable bonds is 4. The van der Waals surface area contributed by atoms with Crippen LogP contribution in [0.2, 0.25) is 0 Å². The number of hydrogen-bond donors (Lipinski definition) is 2. The average Bonchev–Trinajstić information content (AvgIpc) is 3.00. The molecule has 2 N–H and O–H groups in total. The van der Waals surface area contributed by atoms with Gasteiger partial charge in [0.2, 0.25) is 0 Å². The number of hydrogen-bond acceptors (Lipinski definition) is 4. The Balaban J connectivity index is 1.71. The Morgan fingerprint density at radius 2 is 1.04 bits per heavy atom. The largest absolute Gasteiger partial charge is 0.388 e. The minimum Gasteiger partial charge on any atom is -0.388 e. The third kappa shape index (κ3) is 4.41. The van der Waals surface area contributed by atoms with E-state index in [0.29, 0.717) is 24.0 Å². The predicted molar refractivity (Wildman–Crippen MR) is 99.5 cm³/mol. The van der Waals surface area contributed by atoms with Crippen molar-refractivity contribution in [3.8, 4) is 0 Å². The Hall–Kier alpha value is -1.52. The van der Waals surface area contributed by atoms with Crippen LogP contribution in [0.5, 0.6) is 0 Å². The van der Waals surface area contributed by atoms with Crippen molar-refractivity contribution in [3.05, 3.63) is 35.4 Å². The maximum atomic E-state index is 12.2. The van der Waals surface area contributed by atoms with Gasteiger partial charge in [-0.15, -0.1) is 0 Å². The molecule has 0 aliphatic heterocycles. The molecule has 4 nitrogen and oxygen atoms in total. The monoisotopic (exact) mass is 358 g/mol. The topological polar surface area (TPSA) is 74.6 Å². The van der Waals surface area contributed by atoms with E-state index in [0.717, 1.165) is 51.4 Å². The van der Waals surface area contributed by atoms with Crippen molar-refractivity contribution >= 4 is 11.6 Å². The van der Waals surface area contributed by atoms with Gasteiger partial charge >= 0.3 is 0 Å². The van der Waals surface area contributed by atoms with E-state index in [4.69, 9.17) is 0 Å². The zero-order valence-corrected chi connectivity index (χ0v) is 15.4. The molecule has 4 heteroatoms. The van der Waals surface area contributed by atoms with Crippen LogP contribution in [0.15, 0.2) is 24.3 Å². The van der Waals surface area contributed by atoms with Crippen LogP contribution in [0.4, 0.5) is 0 Å². The fourth-order valence-corrected chi connectivity index (χ4v) is 4.40. The van der Waals surface area contributed by atoms with Gasteiger partial charge in [-0.05, 0) is 36.8 Å². The van der Waals surface area contributed by atoms with Crippen molar-refractivity contribution in [1.29, 1.82) is 0 Å². The van der Waals surface area contributed by atoms with Crippen LogP contribution in [-0.2, 0) is 9.59 Å². The molecule has 0 spiro atoms. The van der Waals surface area contributed by atoms with Crippen LogP contribution < -0.4 is 0 Å². The number of Topliss-reactive ketones (excluding diaryl/α,β-unsaturated/α-hetero) is 2. The van der Waals surface area contributed by atoms with E-state index < -0.39 is 12.2 Å². The molecule has 2 saturated carbocycles. The summed E-state index contributed by atoms with van der Waals surface area (Å²) >= 11 is 0. The summed E-state index contributed by atoms with van der Waals surface area (Å²) in [6, 6.07) is 7.18. The smallest absolute Gasteiger partial charge is 0.138 e. The maximum Gasteiger partial charge on any atom is 0.138 e. The standard InChI is InChI=1S/C22H30O4/c23-19-9-5-1-3-7-17(19)21(25)15-11-13-16(14-12-15)22(26)18-8-4-2-6-10-20(18)24/h11-14,17-18,21-22,25-26H,1-10H2. The molecular weight excluding hydrogens is 328 g/mol. The first-order chi connectivity index (χ1) is 12.6. The normalized spacial score (nSPS) is 27.5. The molecule has 2 fully saturated rings.